The number of amides is 1. The highest BCUT2D eigenvalue weighted by Gasteiger charge is 2.47. The molecule has 2 aromatic heterocycles. The molecule has 3 N–H and O–H groups in total. The van der Waals surface area contributed by atoms with E-state index in [0.717, 1.165) is 16.7 Å². The van der Waals surface area contributed by atoms with Gasteiger partial charge in [-0.3, -0.25) is 15.2 Å². The lowest BCUT2D eigenvalue weighted by atomic mass is 9.87. The molecule has 2 aromatic rings. The number of hydrogen-bond acceptors (Lipinski definition) is 7. The first kappa shape index (κ1) is 27.0. The minimum atomic E-state index is -4.65. The molecule has 1 fully saturated rings. The molecule has 0 aromatic carbocycles. The van der Waals surface area contributed by atoms with Crippen molar-refractivity contribution < 1.29 is 26.7 Å². The number of likely N-dealkylation sites (tertiary alicyclic amines) is 1. The molecule has 1 amide bonds. The third kappa shape index (κ3) is 6.32. The Hall–Kier alpha value is -3.64. The third-order valence-corrected chi connectivity index (χ3v) is 5.74. The Morgan fingerprint density at radius 2 is 2.00 bits per heavy atom. The highest BCUT2D eigenvalue weighted by molar-refractivity contribution is 6.54. The fourth-order valence-corrected chi connectivity index (χ4v) is 4.01. The Morgan fingerprint density at radius 3 is 2.58 bits per heavy atom. The van der Waals surface area contributed by atoms with Crippen molar-refractivity contribution in [3.63, 3.8) is 0 Å². The fraction of sp³-hybridized carbons (Fsp3) is 0.435. The number of aryl methyl sites for hydroxylation is 1. The van der Waals surface area contributed by atoms with E-state index in [9.17, 15) is 26.7 Å². The summed E-state index contributed by atoms with van der Waals surface area (Å²) in [6.07, 6.45) is -0.782. The Bertz CT molecular complexity index is 1130. The molecule has 194 valence electrons. The summed E-state index contributed by atoms with van der Waals surface area (Å²) in [7, 11) is 1.57. The van der Waals surface area contributed by atoms with E-state index in [2.05, 4.69) is 25.6 Å². The van der Waals surface area contributed by atoms with E-state index >= 15 is 0 Å². The molecule has 3 rings (SSSR count). The number of halogens is 5. The lowest BCUT2D eigenvalue weighted by Crippen LogP contribution is -2.58. The molecular weight excluding hydrogens is 485 g/mol. The van der Waals surface area contributed by atoms with Gasteiger partial charge in [-0.15, -0.1) is 0 Å². The van der Waals surface area contributed by atoms with E-state index in [1.807, 2.05) is 6.92 Å². The number of aromatic nitrogens is 3. The first-order chi connectivity index (χ1) is 16.8. The topological polar surface area (TPSA) is 107 Å². The smallest absolute Gasteiger partial charge is 0.393 e. The standard InChI is InChI=1S/C23H26F5N7O/c1-13-4-5-31-16(6-13)15(8-30-3)20(29)21(36)35-12-22(24,25)7-14(2)17(35)9-33-19-11-32-18(10-34-19)23(26,27)28/h4-6,8,10-11,14,17,29-30H,7,9,12H2,1-3H3,(H,33,34)/b15-8-,29-20?/t14-,17?/m1/s1. The molecule has 1 aliphatic rings. The van der Waals surface area contributed by atoms with Crippen LogP contribution in [0.15, 0.2) is 36.9 Å². The molecule has 13 heteroatoms. The van der Waals surface area contributed by atoms with Crippen LogP contribution in [-0.4, -0.2) is 63.6 Å². The van der Waals surface area contributed by atoms with E-state index in [4.69, 9.17) is 5.41 Å². The Labute approximate surface area is 204 Å². The summed E-state index contributed by atoms with van der Waals surface area (Å²) in [5, 5.41) is 14.1. The molecule has 8 nitrogen and oxygen atoms in total. The molecule has 2 atom stereocenters. The summed E-state index contributed by atoms with van der Waals surface area (Å²) < 4.78 is 67.2. The Morgan fingerprint density at radius 1 is 1.28 bits per heavy atom. The average Bonchev–Trinajstić information content (AvgIpc) is 2.80. The van der Waals surface area contributed by atoms with Gasteiger partial charge in [0, 0.05) is 38.0 Å². The van der Waals surface area contributed by atoms with Gasteiger partial charge in [-0.1, -0.05) is 6.92 Å². The van der Waals surface area contributed by atoms with Crippen molar-refractivity contribution >= 4 is 23.0 Å². The molecule has 36 heavy (non-hydrogen) atoms. The second-order valence-electron chi connectivity index (χ2n) is 8.64. The zero-order valence-corrected chi connectivity index (χ0v) is 19.8. The maximum absolute atomic E-state index is 14.5. The van der Waals surface area contributed by atoms with Crippen molar-refractivity contribution in [1.82, 2.24) is 25.2 Å². The lowest BCUT2D eigenvalue weighted by Gasteiger charge is -2.43. The van der Waals surface area contributed by atoms with E-state index in [1.165, 1.54) is 12.4 Å². The van der Waals surface area contributed by atoms with Crippen LogP contribution in [0, 0.1) is 18.3 Å². The van der Waals surface area contributed by atoms with Gasteiger partial charge in [-0.05, 0) is 30.5 Å². The molecule has 0 spiro atoms. The minimum absolute atomic E-state index is 0.00487. The molecular formula is C23H26F5N7O. The molecule has 0 aliphatic carbocycles. The number of carbonyl (C=O) groups excluding carboxylic acids is 1. The molecule has 0 radical (unpaired) electrons. The van der Waals surface area contributed by atoms with Gasteiger partial charge in [0.2, 0.25) is 0 Å². The number of alkyl halides is 5. The average molecular weight is 511 g/mol. The summed E-state index contributed by atoms with van der Waals surface area (Å²) in [4.78, 5) is 25.5. The predicted octanol–water partition coefficient (Wildman–Crippen LogP) is 3.76. The molecule has 0 bridgehead atoms. The SMILES string of the molecule is CN/C=C(\C(=N)C(=O)N1CC(F)(F)C[C@@H](C)C1CNc1cnc(C(F)(F)F)cn1)c1cc(C)ccn1. The Balaban J connectivity index is 1.84. The third-order valence-electron chi connectivity index (χ3n) is 5.74. The van der Waals surface area contributed by atoms with Gasteiger partial charge in [0.15, 0.2) is 5.69 Å². The number of pyridine rings is 1. The van der Waals surface area contributed by atoms with E-state index in [0.29, 0.717) is 11.9 Å². The van der Waals surface area contributed by atoms with Crippen molar-refractivity contribution in [2.45, 2.75) is 38.4 Å². The highest BCUT2D eigenvalue weighted by atomic mass is 19.4. The molecule has 1 unspecified atom stereocenters. The zero-order valence-electron chi connectivity index (χ0n) is 19.8. The van der Waals surface area contributed by atoms with Gasteiger partial charge < -0.3 is 15.5 Å². The van der Waals surface area contributed by atoms with E-state index in [-0.39, 0.29) is 17.9 Å². The van der Waals surface area contributed by atoms with Crippen LogP contribution in [0.4, 0.5) is 27.8 Å². The van der Waals surface area contributed by atoms with E-state index in [1.54, 1.807) is 26.1 Å². The summed E-state index contributed by atoms with van der Waals surface area (Å²) in [5.74, 6) is -4.78. The van der Waals surface area contributed by atoms with Crippen LogP contribution >= 0.6 is 0 Å². The molecule has 1 saturated heterocycles. The largest absolute Gasteiger partial charge is 0.434 e. The van der Waals surface area contributed by atoms with Crippen LogP contribution in [0.2, 0.25) is 0 Å². The maximum atomic E-state index is 14.5. The number of hydrogen-bond donors (Lipinski definition) is 3. The molecule has 0 saturated carbocycles. The predicted molar refractivity (Wildman–Crippen MR) is 123 cm³/mol. The Kier molecular flexibility index (Phi) is 7.89. The van der Waals surface area contributed by atoms with Gasteiger partial charge in [-0.25, -0.2) is 18.7 Å². The summed E-state index contributed by atoms with van der Waals surface area (Å²) >= 11 is 0. The van der Waals surface area contributed by atoms with Crippen molar-refractivity contribution in [2.24, 2.45) is 5.92 Å². The van der Waals surface area contributed by atoms with Crippen molar-refractivity contribution in [3.8, 4) is 0 Å². The number of anilines is 1. The van der Waals surface area contributed by atoms with Crippen molar-refractivity contribution in [2.75, 3.05) is 25.5 Å². The fourth-order valence-electron chi connectivity index (χ4n) is 4.01. The summed E-state index contributed by atoms with van der Waals surface area (Å²) in [5.41, 5.74) is -0.397. The number of nitrogens with one attached hydrogen (secondary N) is 3. The molecule has 1 aliphatic heterocycles. The highest BCUT2D eigenvalue weighted by Crippen LogP contribution is 2.35. The maximum Gasteiger partial charge on any atom is 0.434 e. The van der Waals surface area contributed by atoms with Crippen molar-refractivity contribution in [1.29, 1.82) is 5.41 Å². The van der Waals surface area contributed by atoms with Gasteiger partial charge in [0.25, 0.3) is 11.8 Å². The van der Waals surface area contributed by atoms with Gasteiger partial charge in [-0.2, -0.15) is 13.2 Å². The number of piperidine rings is 1. The van der Waals surface area contributed by atoms with E-state index < -0.39 is 54.3 Å². The van der Waals surface area contributed by atoms with Gasteiger partial charge >= 0.3 is 6.18 Å². The zero-order chi connectivity index (χ0) is 26.7. The van der Waals surface area contributed by atoms with Crippen LogP contribution in [0.1, 0.15) is 30.3 Å². The van der Waals surface area contributed by atoms with Crippen LogP contribution in [0.5, 0.6) is 0 Å². The van der Waals surface area contributed by atoms with Crippen LogP contribution in [-0.2, 0) is 11.0 Å². The first-order valence-electron chi connectivity index (χ1n) is 11.0. The van der Waals surface area contributed by atoms with Crippen LogP contribution in [0.25, 0.3) is 5.57 Å². The van der Waals surface area contributed by atoms with Crippen molar-refractivity contribution in [3.05, 3.63) is 53.9 Å². The number of nitrogens with zero attached hydrogens (tertiary/aromatic N) is 4. The second kappa shape index (κ2) is 10.5. The second-order valence-corrected chi connectivity index (χ2v) is 8.64. The summed E-state index contributed by atoms with van der Waals surface area (Å²) in [6, 6.07) is 2.62. The monoisotopic (exact) mass is 511 g/mol. The number of carbonyl (C=O) groups is 1. The quantitative estimate of drug-likeness (QED) is 0.386. The van der Waals surface area contributed by atoms with Crippen LogP contribution in [0.3, 0.4) is 0 Å². The molecule has 3 heterocycles. The van der Waals surface area contributed by atoms with Gasteiger partial charge in [0.05, 0.1) is 30.7 Å². The number of rotatable bonds is 7. The van der Waals surface area contributed by atoms with Gasteiger partial charge in [0.1, 0.15) is 11.5 Å². The van der Waals surface area contributed by atoms with Crippen LogP contribution < -0.4 is 10.6 Å². The summed E-state index contributed by atoms with van der Waals surface area (Å²) in [6.45, 7) is 2.38. The first-order valence-corrected chi connectivity index (χ1v) is 11.0. The minimum Gasteiger partial charge on any atom is -0.393 e. The lowest BCUT2D eigenvalue weighted by molar-refractivity contribution is -0.145. The normalized spacial score (nSPS) is 20.1.